The SMILES string of the molecule is COc1ccc(COCCC#CC(CCC2COC(C)(C)O2)OC)cc1. The average molecular weight is 362 g/mol. The summed E-state index contributed by atoms with van der Waals surface area (Å²) in [7, 11) is 3.35. The van der Waals surface area contributed by atoms with Crippen molar-refractivity contribution < 1.29 is 23.7 Å². The van der Waals surface area contributed by atoms with Crippen LogP contribution < -0.4 is 4.74 Å². The van der Waals surface area contributed by atoms with Crippen molar-refractivity contribution in [1.82, 2.24) is 0 Å². The maximum absolute atomic E-state index is 5.80. The molecule has 1 saturated heterocycles. The third-order valence-electron chi connectivity index (χ3n) is 4.16. The quantitative estimate of drug-likeness (QED) is 0.497. The molecule has 2 rings (SSSR count). The fraction of sp³-hybridized carbons (Fsp3) is 0.619. The first-order valence-electron chi connectivity index (χ1n) is 9.06. The summed E-state index contributed by atoms with van der Waals surface area (Å²) in [5.41, 5.74) is 1.12. The van der Waals surface area contributed by atoms with Crippen LogP contribution in [0.25, 0.3) is 0 Å². The second-order valence-corrected chi connectivity index (χ2v) is 6.72. The van der Waals surface area contributed by atoms with Gasteiger partial charge >= 0.3 is 0 Å². The second-order valence-electron chi connectivity index (χ2n) is 6.72. The van der Waals surface area contributed by atoms with Gasteiger partial charge in [-0.2, -0.15) is 0 Å². The van der Waals surface area contributed by atoms with Crippen molar-refractivity contribution in [3.05, 3.63) is 29.8 Å². The zero-order valence-corrected chi connectivity index (χ0v) is 16.2. The van der Waals surface area contributed by atoms with Crippen LogP contribution in [0.1, 0.15) is 38.7 Å². The summed E-state index contributed by atoms with van der Waals surface area (Å²) in [4.78, 5) is 0. The Bertz CT molecular complexity index is 585. The van der Waals surface area contributed by atoms with Crippen molar-refractivity contribution in [3.63, 3.8) is 0 Å². The highest BCUT2D eigenvalue weighted by molar-refractivity contribution is 5.26. The number of ether oxygens (including phenoxy) is 5. The van der Waals surface area contributed by atoms with Gasteiger partial charge in [0.1, 0.15) is 11.9 Å². The maximum Gasteiger partial charge on any atom is 0.163 e. The first kappa shape index (κ1) is 20.7. The lowest BCUT2D eigenvalue weighted by molar-refractivity contribution is -0.139. The summed E-state index contributed by atoms with van der Waals surface area (Å²) in [5.74, 6) is 6.68. The van der Waals surface area contributed by atoms with E-state index in [0.29, 0.717) is 26.2 Å². The fourth-order valence-corrected chi connectivity index (χ4v) is 2.71. The van der Waals surface area contributed by atoms with Gasteiger partial charge in [0.2, 0.25) is 0 Å². The molecule has 1 aromatic rings. The summed E-state index contributed by atoms with van der Waals surface area (Å²) >= 11 is 0. The van der Waals surface area contributed by atoms with Gasteiger partial charge in [-0.3, -0.25) is 0 Å². The largest absolute Gasteiger partial charge is 0.497 e. The molecule has 0 aliphatic carbocycles. The van der Waals surface area contributed by atoms with Crippen molar-refractivity contribution in [2.75, 3.05) is 27.4 Å². The zero-order chi connectivity index (χ0) is 18.8. The van der Waals surface area contributed by atoms with E-state index < -0.39 is 5.79 Å². The smallest absolute Gasteiger partial charge is 0.163 e. The number of hydrogen-bond acceptors (Lipinski definition) is 5. The molecule has 0 saturated carbocycles. The zero-order valence-electron chi connectivity index (χ0n) is 16.2. The Balaban J connectivity index is 1.61. The minimum Gasteiger partial charge on any atom is -0.497 e. The Morgan fingerprint density at radius 1 is 1.23 bits per heavy atom. The average Bonchev–Trinajstić information content (AvgIpc) is 2.99. The molecule has 0 N–H and O–H groups in total. The normalized spacial score (nSPS) is 19.6. The standard InChI is InChI=1S/C21H30O5/c1-21(2)25-16-20(26-21)13-12-18(22-3)7-5-6-14-24-15-17-8-10-19(23-4)11-9-17/h8-11,18,20H,6,12-16H2,1-4H3. The Kier molecular flexibility index (Phi) is 8.40. The molecule has 0 amide bonds. The molecule has 26 heavy (non-hydrogen) atoms. The highest BCUT2D eigenvalue weighted by Crippen LogP contribution is 2.25. The fourth-order valence-electron chi connectivity index (χ4n) is 2.71. The Morgan fingerprint density at radius 3 is 2.62 bits per heavy atom. The summed E-state index contributed by atoms with van der Waals surface area (Å²) in [6.07, 6.45) is 2.44. The van der Waals surface area contributed by atoms with Crippen LogP contribution in [0.5, 0.6) is 5.75 Å². The molecule has 0 bridgehead atoms. The van der Waals surface area contributed by atoms with Crippen LogP contribution in [0.3, 0.4) is 0 Å². The van der Waals surface area contributed by atoms with Crippen molar-refractivity contribution in [2.24, 2.45) is 0 Å². The summed E-state index contributed by atoms with van der Waals surface area (Å²) in [6, 6.07) is 7.87. The van der Waals surface area contributed by atoms with E-state index in [4.69, 9.17) is 23.7 Å². The lowest BCUT2D eigenvalue weighted by Crippen LogP contribution is -2.22. The number of rotatable bonds is 9. The molecule has 1 aliphatic heterocycles. The van der Waals surface area contributed by atoms with Gasteiger partial charge in [-0.1, -0.05) is 24.0 Å². The molecule has 1 heterocycles. The lowest BCUT2D eigenvalue weighted by Gasteiger charge is -2.17. The molecule has 1 aromatic carbocycles. The molecule has 2 atom stereocenters. The van der Waals surface area contributed by atoms with E-state index in [9.17, 15) is 0 Å². The predicted octanol–water partition coefficient (Wildman–Crippen LogP) is 3.55. The number of hydrogen-bond donors (Lipinski definition) is 0. The van der Waals surface area contributed by atoms with E-state index in [1.165, 1.54) is 0 Å². The molecular weight excluding hydrogens is 332 g/mol. The maximum atomic E-state index is 5.80. The van der Waals surface area contributed by atoms with Crippen LogP contribution in [0, 0.1) is 11.8 Å². The second kappa shape index (κ2) is 10.5. The summed E-state index contributed by atoms with van der Waals surface area (Å²) < 4.78 is 27.6. The van der Waals surface area contributed by atoms with E-state index in [1.54, 1.807) is 14.2 Å². The highest BCUT2D eigenvalue weighted by atomic mass is 16.7. The molecule has 1 fully saturated rings. The van der Waals surface area contributed by atoms with Crippen molar-refractivity contribution in [1.29, 1.82) is 0 Å². The van der Waals surface area contributed by atoms with Gasteiger partial charge < -0.3 is 23.7 Å². The van der Waals surface area contributed by atoms with Gasteiger partial charge in [0.15, 0.2) is 5.79 Å². The third kappa shape index (κ3) is 7.35. The highest BCUT2D eigenvalue weighted by Gasteiger charge is 2.32. The van der Waals surface area contributed by atoms with Gasteiger partial charge in [-0.05, 0) is 44.4 Å². The Morgan fingerprint density at radius 2 is 2.00 bits per heavy atom. The third-order valence-corrected chi connectivity index (χ3v) is 4.16. The first-order chi connectivity index (χ1) is 12.5. The van der Waals surface area contributed by atoms with Crippen LogP contribution in [-0.2, 0) is 25.6 Å². The Hall–Kier alpha value is -1.58. The van der Waals surface area contributed by atoms with E-state index in [2.05, 4.69) is 11.8 Å². The topological polar surface area (TPSA) is 46.2 Å². The summed E-state index contributed by atoms with van der Waals surface area (Å²) in [6.45, 7) is 5.69. The van der Waals surface area contributed by atoms with Crippen molar-refractivity contribution in [3.8, 4) is 17.6 Å². The van der Waals surface area contributed by atoms with Crippen molar-refractivity contribution in [2.45, 2.75) is 57.7 Å². The van der Waals surface area contributed by atoms with E-state index >= 15 is 0 Å². The molecule has 0 aromatic heterocycles. The molecule has 0 spiro atoms. The molecule has 0 radical (unpaired) electrons. The predicted molar refractivity (Wildman–Crippen MR) is 100.0 cm³/mol. The van der Waals surface area contributed by atoms with E-state index in [1.807, 2.05) is 38.1 Å². The lowest BCUT2D eigenvalue weighted by atomic mass is 10.1. The van der Waals surface area contributed by atoms with Crippen LogP contribution in [0.15, 0.2) is 24.3 Å². The van der Waals surface area contributed by atoms with Crippen LogP contribution in [0.2, 0.25) is 0 Å². The molecule has 2 unspecified atom stereocenters. The van der Waals surface area contributed by atoms with Crippen LogP contribution in [0.4, 0.5) is 0 Å². The minimum atomic E-state index is -0.472. The minimum absolute atomic E-state index is 0.0797. The van der Waals surface area contributed by atoms with Crippen LogP contribution in [-0.4, -0.2) is 45.4 Å². The van der Waals surface area contributed by atoms with Gasteiger partial charge in [-0.15, -0.1) is 0 Å². The molecule has 5 heteroatoms. The summed E-state index contributed by atoms with van der Waals surface area (Å²) in [5, 5.41) is 0. The Labute approximate surface area is 156 Å². The van der Waals surface area contributed by atoms with Gasteiger partial charge in [0.25, 0.3) is 0 Å². The van der Waals surface area contributed by atoms with E-state index in [0.717, 1.165) is 24.2 Å². The molecule has 5 nitrogen and oxygen atoms in total. The van der Waals surface area contributed by atoms with Crippen LogP contribution >= 0.6 is 0 Å². The molecule has 1 aliphatic rings. The first-order valence-corrected chi connectivity index (χ1v) is 9.06. The van der Waals surface area contributed by atoms with Gasteiger partial charge in [-0.25, -0.2) is 0 Å². The molecular formula is C21H30O5. The van der Waals surface area contributed by atoms with E-state index in [-0.39, 0.29) is 12.2 Å². The number of methoxy groups -OCH3 is 2. The number of benzene rings is 1. The monoisotopic (exact) mass is 362 g/mol. The molecule has 144 valence electrons. The van der Waals surface area contributed by atoms with Crippen molar-refractivity contribution >= 4 is 0 Å². The van der Waals surface area contributed by atoms with Gasteiger partial charge in [0.05, 0.1) is 33.0 Å². The van der Waals surface area contributed by atoms with Gasteiger partial charge in [0, 0.05) is 13.5 Å².